The third-order valence-corrected chi connectivity index (χ3v) is 21.4. The van der Waals surface area contributed by atoms with Crippen LogP contribution in [0.4, 0.5) is 0 Å². The molecule has 2 aliphatic rings. The number of carboxylic acid groups (broad SMARTS) is 2. The van der Waals surface area contributed by atoms with Crippen molar-refractivity contribution in [3.63, 3.8) is 0 Å². The molecule has 42 N–H and O–H groups in total. The van der Waals surface area contributed by atoms with Gasteiger partial charge in [0.05, 0.1) is 51.6 Å². The van der Waals surface area contributed by atoms with E-state index in [9.17, 15) is 111 Å². The minimum atomic E-state index is -1.96. The van der Waals surface area contributed by atoms with E-state index < -0.39 is 291 Å². The first-order valence-corrected chi connectivity index (χ1v) is 44.4. The highest BCUT2D eigenvalue weighted by molar-refractivity contribution is 7.80. The van der Waals surface area contributed by atoms with E-state index in [0.29, 0.717) is 24.9 Å². The Bertz CT molecular complexity index is 4330. The normalized spacial score (nSPS) is 16.0. The molecule has 0 aliphatic carbocycles. The Morgan fingerprint density at radius 2 is 0.750 bits per heavy atom. The number of amides is 19. The first-order valence-electron chi connectivity index (χ1n) is 43.7. The molecule has 1 aromatic rings. The number of nitrogens with two attached hydrogens (primary N) is 9. The molecule has 2 fully saturated rings. The average Bonchev–Trinajstić information content (AvgIpc) is 1.66. The Balaban J connectivity index is 1.86. The number of guanidine groups is 3. The van der Waals surface area contributed by atoms with Crippen LogP contribution in [0.1, 0.15) is 140 Å². The lowest BCUT2D eigenvalue weighted by Gasteiger charge is -2.31. The molecule has 136 heavy (non-hydrogen) atoms. The van der Waals surface area contributed by atoms with Crippen LogP contribution in [0.3, 0.4) is 0 Å². The second kappa shape index (κ2) is 61.8. The highest BCUT2D eigenvalue weighted by Gasteiger charge is 2.44. The van der Waals surface area contributed by atoms with E-state index in [-0.39, 0.29) is 142 Å². The Kier molecular flexibility index (Phi) is 52.8. The van der Waals surface area contributed by atoms with Crippen LogP contribution in [0.15, 0.2) is 30.3 Å². The highest BCUT2D eigenvalue weighted by atomic mass is 32.1. The fourth-order valence-corrected chi connectivity index (χ4v) is 14.2. The van der Waals surface area contributed by atoms with Gasteiger partial charge in [-0.05, 0) is 121 Å². The number of benzene rings is 1. The fourth-order valence-electron chi connectivity index (χ4n) is 14.0. The molecule has 15 unspecified atom stereocenters. The Labute approximate surface area is 786 Å². The van der Waals surface area contributed by atoms with E-state index in [1.54, 1.807) is 30.3 Å². The van der Waals surface area contributed by atoms with Crippen molar-refractivity contribution in [1.82, 2.24) is 100 Å². The fraction of sp³-hybridized carbons (Fsp3) is 0.620. The summed E-state index contributed by atoms with van der Waals surface area (Å²) >= 11 is 4.09. The van der Waals surface area contributed by atoms with Gasteiger partial charge < -0.3 is 172 Å². The zero-order chi connectivity index (χ0) is 102. The molecule has 0 bridgehead atoms. The predicted octanol–water partition coefficient (Wildman–Crippen LogP) is -14.9. The van der Waals surface area contributed by atoms with E-state index >= 15 is 4.79 Å². The SMILES string of the molecule is N=C(N)NCCCC(NC(=O)CNC(=O)C(CS)NC(=O)C(CC(N)=O)NC(=O)C(CO)NC(=O)C1CCCN1C(=O)C(Cc1ccccc1)NC(=O)C(CCCNC(=N)N)NC(=O)C(CCCCN)NC(=O)C(CCC(N)=O)NC(=O)C(CO)NC(=O)CNC(=O)C1CCCN1C(=O)C(CC(N)=O)NC(=O)C(CCCNC(=N)N)NC(=O)C(N)CCCCN)C(=O)NC(CC(=O)O)C(=O)O. The molecule has 1 aromatic carbocycles. The third-order valence-electron chi connectivity index (χ3n) is 21.0. The maximum absolute atomic E-state index is 15.1. The Hall–Kier alpha value is -13.9. The summed E-state index contributed by atoms with van der Waals surface area (Å²) in [5.74, 6) is -25.4. The van der Waals surface area contributed by atoms with Crippen LogP contribution < -0.4 is 142 Å². The topological polar surface area (TPSA) is 956 Å². The number of hydrogen-bond donors (Lipinski definition) is 34. The lowest BCUT2D eigenvalue weighted by atomic mass is 10.0. The Morgan fingerprint density at radius 3 is 1.19 bits per heavy atom. The molecule has 19 amide bonds. The number of nitrogens with one attached hydrogen (secondary N) is 20. The summed E-state index contributed by atoms with van der Waals surface area (Å²) in [7, 11) is 0. The van der Waals surface area contributed by atoms with E-state index in [2.05, 4.69) is 97.7 Å². The highest BCUT2D eigenvalue weighted by Crippen LogP contribution is 2.23. The first kappa shape index (κ1) is 116. The lowest BCUT2D eigenvalue weighted by molar-refractivity contribution is -0.147. The number of nitrogens with zero attached hydrogens (tertiary/aromatic N) is 2. The number of likely N-dealkylation sites (tertiary alicyclic amines) is 2. The summed E-state index contributed by atoms with van der Waals surface area (Å²) in [6.07, 6.45) is -3.02. The molecular weight excluding hydrogens is 1820 g/mol. The number of carboxylic acids is 2. The van der Waals surface area contributed by atoms with Crippen LogP contribution >= 0.6 is 12.6 Å². The molecule has 2 heterocycles. The number of primary amides is 3. The van der Waals surface area contributed by atoms with Crippen molar-refractivity contribution in [2.45, 2.75) is 232 Å². The molecule has 56 nitrogen and oxygen atoms in total. The zero-order valence-electron chi connectivity index (χ0n) is 75.0. The molecule has 0 radical (unpaired) electrons. The molecule has 0 spiro atoms. The van der Waals surface area contributed by atoms with Gasteiger partial charge in [-0.25, -0.2) is 4.79 Å². The summed E-state index contributed by atoms with van der Waals surface area (Å²) in [5.41, 5.74) is 50.6. The predicted molar refractivity (Wildman–Crippen MR) is 484 cm³/mol. The molecule has 3 rings (SSSR count). The molecular formula is C79H131N31O25S. The number of aliphatic hydroxyl groups is 2. The second-order valence-corrected chi connectivity index (χ2v) is 32.2. The van der Waals surface area contributed by atoms with Gasteiger partial charge in [0.25, 0.3) is 0 Å². The van der Waals surface area contributed by atoms with Gasteiger partial charge in [-0.2, -0.15) is 12.6 Å². The molecule has 758 valence electrons. The molecule has 15 atom stereocenters. The van der Waals surface area contributed by atoms with Gasteiger partial charge in [-0.3, -0.25) is 112 Å². The molecule has 0 aromatic heterocycles. The van der Waals surface area contributed by atoms with Crippen molar-refractivity contribution in [1.29, 1.82) is 16.2 Å². The number of rotatable bonds is 65. The maximum atomic E-state index is 15.1. The Morgan fingerprint density at radius 1 is 0.382 bits per heavy atom. The minimum Gasteiger partial charge on any atom is -0.481 e. The molecule has 57 heteroatoms. The molecule has 2 aliphatic heterocycles. The standard InChI is InChI=1S/C79H131N31O25S/c80-24-6-4-15-41(82)62(120)99-44(18-9-27-93-78(88)89)66(124)105-49(33-58(85)115)75(133)109-29-11-20-54(109)72(130)96-36-60(117)98-51(37-111)70(128)102-46(22-23-56(83)113)68(126)100-43(16-5-7-25-81)65(123)101-45(19-10-28-94-79(90)91)67(125)104-48(31-40-13-2-1-3-14-40)74(132)110-30-12-21-55(110)73(131)107-52(38-112)71(129)103-47(32-57(84)114)69(127)108-53(39-136)63(121)95-35-59(116)97-42(17-8-26-92-77(86)87)64(122)106-50(76(134)135)34-61(118)119/h1-3,13-14,41-55,111-112,136H,4-12,15-39,80-82H2,(H2,83,113)(H2,84,114)(H2,85,115)(H,95,121)(H,96,130)(H,97,116)(H,98,117)(H,99,120)(H,100,126)(H,101,123)(H,102,128)(H,103,129)(H,104,125)(H,105,124)(H,106,122)(H,107,131)(H,108,127)(H,118,119)(H,134,135)(H4,86,87,92)(H4,88,89,93)(H4,90,91,94). The van der Waals surface area contributed by atoms with Gasteiger partial charge in [0.2, 0.25) is 112 Å². The lowest BCUT2D eigenvalue weighted by Crippen LogP contribution is -2.61. The first-order chi connectivity index (χ1) is 64.4. The monoisotopic (exact) mass is 1950 g/mol. The van der Waals surface area contributed by atoms with E-state index in [4.69, 9.17) is 72.9 Å². The van der Waals surface area contributed by atoms with Crippen LogP contribution in [0, 0.1) is 16.2 Å². The van der Waals surface area contributed by atoms with Gasteiger partial charge >= 0.3 is 11.9 Å². The van der Waals surface area contributed by atoms with Crippen molar-refractivity contribution in [2.75, 3.05) is 77.9 Å². The number of unbranched alkanes of at least 4 members (excludes halogenated alkanes) is 2. The number of thiol groups is 1. The van der Waals surface area contributed by atoms with Crippen LogP contribution in [-0.4, -0.2) is 341 Å². The number of hydrogen-bond acceptors (Lipinski definition) is 30. The van der Waals surface area contributed by atoms with Crippen LogP contribution in [0.25, 0.3) is 0 Å². The third kappa shape index (κ3) is 43.4. The van der Waals surface area contributed by atoms with Crippen LogP contribution in [0.2, 0.25) is 0 Å². The molecule has 2 saturated heterocycles. The zero-order valence-corrected chi connectivity index (χ0v) is 75.9. The van der Waals surface area contributed by atoms with Crippen molar-refractivity contribution in [3.05, 3.63) is 35.9 Å². The quantitative estimate of drug-likeness (QED) is 0.0125. The number of aliphatic hydroxyl groups excluding tert-OH is 2. The maximum Gasteiger partial charge on any atom is 0.326 e. The van der Waals surface area contributed by atoms with E-state index in [1.165, 1.54) is 0 Å². The van der Waals surface area contributed by atoms with Crippen molar-refractivity contribution < 1.29 is 121 Å². The average molecular weight is 1950 g/mol. The largest absolute Gasteiger partial charge is 0.481 e. The summed E-state index contributed by atoms with van der Waals surface area (Å²) < 4.78 is 0. The smallest absolute Gasteiger partial charge is 0.326 e. The number of carbonyl (C=O) groups excluding carboxylic acids is 19. The second-order valence-electron chi connectivity index (χ2n) is 31.8. The minimum absolute atomic E-state index is 0.00127. The van der Waals surface area contributed by atoms with Crippen molar-refractivity contribution >= 4 is 155 Å². The van der Waals surface area contributed by atoms with Gasteiger partial charge in [0, 0.05) is 51.3 Å². The van der Waals surface area contributed by atoms with Crippen LogP contribution in [0.5, 0.6) is 0 Å². The van der Waals surface area contributed by atoms with Gasteiger partial charge in [-0.1, -0.05) is 36.8 Å². The van der Waals surface area contributed by atoms with Crippen molar-refractivity contribution in [2.24, 2.45) is 51.6 Å². The van der Waals surface area contributed by atoms with E-state index in [0.717, 1.165) is 9.80 Å². The number of carbonyl (C=O) groups is 21. The summed E-state index contributed by atoms with van der Waals surface area (Å²) in [4.78, 5) is 286. The number of aliphatic carboxylic acids is 2. The van der Waals surface area contributed by atoms with E-state index in [1.807, 2.05) is 5.32 Å². The van der Waals surface area contributed by atoms with Gasteiger partial charge in [0.1, 0.15) is 84.6 Å². The van der Waals surface area contributed by atoms with Crippen LogP contribution in [-0.2, 0) is 107 Å². The summed E-state index contributed by atoms with van der Waals surface area (Å²) in [6, 6.07) is -16.4. The van der Waals surface area contributed by atoms with Gasteiger partial charge in [0.15, 0.2) is 17.9 Å². The van der Waals surface area contributed by atoms with Gasteiger partial charge in [-0.15, -0.1) is 0 Å². The molecule has 0 saturated carbocycles. The summed E-state index contributed by atoms with van der Waals surface area (Å²) in [6.45, 7) is -4.02. The van der Waals surface area contributed by atoms with Crippen molar-refractivity contribution in [3.8, 4) is 0 Å². The summed E-state index contributed by atoms with van der Waals surface area (Å²) in [5, 5.41) is 103.